The van der Waals surface area contributed by atoms with E-state index < -0.39 is 27.3 Å². The second kappa shape index (κ2) is 7.21. The minimum atomic E-state index is -3.69. The van der Waals surface area contributed by atoms with Crippen molar-refractivity contribution in [3.63, 3.8) is 0 Å². The summed E-state index contributed by atoms with van der Waals surface area (Å²) in [5.41, 5.74) is 0.776. The second-order valence-corrected chi connectivity index (χ2v) is 7.56. The molecule has 1 aliphatic rings. The Bertz CT molecular complexity index is 602. The fraction of sp³-hybridized carbons (Fsp3) is 0.533. The van der Waals surface area contributed by atoms with E-state index in [1.165, 1.54) is 0 Å². The average molecular weight is 327 g/mol. The molecule has 0 saturated carbocycles. The first kappa shape index (κ1) is 16.9. The van der Waals surface area contributed by atoms with Crippen LogP contribution in [-0.4, -0.2) is 43.5 Å². The maximum atomic E-state index is 12.4. The Morgan fingerprint density at radius 3 is 2.68 bits per heavy atom. The average Bonchev–Trinajstić information content (AvgIpc) is 2.47. The summed E-state index contributed by atoms with van der Waals surface area (Å²) in [5.74, 6) is -1.17. The molecule has 6 nitrogen and oxygen atoms in total. The van der Waals surface area contributed by atoms with Gasteiger partial charge in [0.1, 0.15) is 6.04 Å². The van der Waals surface area contributed by atoms with Gasteiger partial charge < -0.3 is 9.84 Å². The standard InChI is InChI=1S/C15H21NO5S/c1-11-9-13(7-8-21-11)22(19,20)16-14(15(17)18)10-12-5-3-2-4-6-12/h2-6,11,13-14,16H,7-10H2,1H3,(H,17,18)/t11?,13?,14-/m1/s1. The number of nitrogens with one attached hydrogen (secondary N) is 1. The third-order valence-corrected chi connectivity index (χ3v) is 5.68. The first-order valence-electron chi connectivity index (χ1n) is 7.28. The van der Waals surface area contributed by atoms with Gasteiger partial charge in [0.2, 0.25) is 10.0 Å². The summed E-state index contributed by atoms with van der Waals surface area (Å²) in [6.07, 6.45) is 0.756. The molecule has 0 aliphatic carbocycles. The van der Waals surface area contributed by atoms with E-state index in [-0.39, 0.29) is 12.5 Å². The lowest BCUT2D eigenvalue weighted by Crippen LogP contribution is -2.48. The molecule has 0 bridgehead atoms. The minimum absolute atomic E-state index is 0.119. The van der Waals surface area contributed by atoms with Gasteiger partial charge in [-0.3, -0.25) is 4.79 Å². The molecule has 1 aliphatic heterocycles. The predicted molar refractivity (Wildman–Crippen MR) is 82.1 cm³/mol. The number of hydrogen-bond donors (Lipinski definition) is 2. The monoisotopic (exact) mass is 327 g/mol. The van der Waals surface area contributed by atoms with Gasteiger partial charge in [0, 0.05) is 6.61 Å². The van der Waals surface area contributed by atoms with Crippen molar-refractivity contribution in [2.45, 2.75) is 43.6 Å². The third kappa shape index (κ3) is 4.53. The predicted octanol–water partition coefficient (Wildman–Crippen LogP) is 1.17. The summed E-state index contributed by atoms with van der Waals surface area (Å²) in [4.78, 5) is 11.4. The van der Waals surface area contributed by atoms with Crippen LogP contribution in [0.3, 0.4) is 0 Å². The minimum Gasteiger partial charge on any atom is -0.480 e. The van der Waals surface area contributed by atoms with Crippen LogP contribution in [0.4, 0.5) is 0 Å². The molecule has 3 atom stereocenters. The number of hydrogen-bond acceptors (Lipinski definition) is 4. The fourth-order valence-electron chi connectivity index (χ4n) is 2.56. The van der Waals surface area contributed by atoms with E-state index in [2.05, 4.69) is 4.72 Å². The van der Waals surface area contributed by atoms with Gasteiger partial charge in [0.25, 0.3) is 0 Å². The molecule has 7 heteroatoms. The molecular formula is C15H21NO5S. The molecule has 2 unspecified atom stereocenters. The van der Waals surface area contributed by atoms with Gasteiger partial charge >= 0.3 is 5.97 Å². The number of sulfonamides is 1. The molecule has 1 aromatic rings. The molecule has 1 heterocycles. The number of benzene rings is 1. The maximum Gasteiger partial charge on any atom is 0.322 e. The van der Waals surface area contributed by atoms with E-state index in [0.29, 0.717) is 19.4 Å². The Labute approximate surface area is 130 Å². The summed E-state index contributed by atoms with van der Waals surface area (Å²) >= 11 is 0. The van der Waals surface area contributed by atoms with Crippen molar-refractivity contribution in [3.05, 3.63) is 35.9 Å². The van der Waals surface area contributed by atoms with E-state index >= 15 is 0 Å². The Kier molecular flexibility index (Phi) is 5.55. The van der Waals surface area contributed by atoms with Crippen LogP contribution < -0.4 is 4.72 Å². The lowest BCUT2D eigenvalue weighted by atomic mass is 10.1. The van der Waals surface area contributed by atoms with Crippen molar-refractivity contribution < 1.29 is 23.1 Å². The summed E-state index contributed by atoms with van der Waals surface area (Å²) < 4.78 is 32.5. The number of rotatable bonds is 6. The number of ether oxygens (including phenoxy) is 1. The van der Waals surface area contributed by atoms with Gasteiger partial charge in [-0.25, -0.2) is 13.1 Å². The lowest BCUT2D eigenvalue weighted by Gasteiger charge is -2.28. The topological polar surface area (TPSA) is 92.7 Å². The van der Waals surface area contributed by atoms with Gasteiger partial charge in [-0.05, 0) is 31.7 Å². The Balaban J connectivity index is 2.08. The molecule has 2 N–H and O–H groups in total. The van der Waals surface area contributed by atoms with Crippen LogP contribution in [0, 0.1) is 0 Å². The number of carbonyl (C=O) groups is 1. The molecule has 1 saturated heterocycles. The van der Waals surface area contributed by atoms with Crippen molar-refractivity contribution in [2.75, 3.05) is 6.61 Å². The van der Waals surface area contributed by atoms with Crippen molar-refractivity contribution in [1.29, 1.82) is 0 Å². The molecule has 0 amide bonds. The largest absolute Gasteiger partial charge is 0.480 e. The van der Waals surface area contributed by atoms with Gasteiger partial charge in [-0.15, -0.1) is 0 Å². The molecule has 22 heavy (non-hydrogen) atoms. The third-order valence-electron chi connectivity index (χ3n) is 3.76. The molecule has 0 aromatic heterocycles. The zero-order valence-corrected chi connectivity index (χ0v) is 13.3. The van der Waals surface area contributed by atoms with Gasteiger partial charge in [-0.2, -0.15) is 0 Å². The highest BCUT2D eigenvalue weighted by atomic mass is 32.2. The van der Waals surface area contributed by atoms with Crippen LogP contribution in [0.25, 0.3) is 0 Å². The van der Waals surface area contributed by atoms with Crippen molar-refractivity contribution in [1.82, 2.24) is 4.72 Å². The van der Waals surface area contributed by atoms with E-state index in [4.69, 9.17) is 4.74 Å². The smallest absolute Gasteiger partial charge is 0.322 e. The molecule has 0 spiro atoms. The summed E-state index contributed by atoms with van der Waals surface area (Å²) in [6, 6.07) is 7.81. The molecule has 0 radical (unpaired) electrons. The summed E-state index contributed by atoms with van der Waals surface area (Å²) in [5, 5.41) is 8.69. The molecule has 1 aromatic carbocycles. The molecular weight excluding hydrogens is 306 g/mol. The van der Waals surface area contributed by atoms with Crippen molar-refractivity contribution in [3.8, 4) is 0 Å². The first-order chi connectivity index (χ1) is 10.4. The van der Waals surface area contributed by atoms with E-state index in [0.717, 1.165) is 5.56 Å². The fourth-order valence-corrected chi connectivity index (χ4v) is 4.27. The lowest BCUT2D eigenvalue weighted by molar-refractivity contribution is -0.138. The summed E-state index contributed by atoms with van der Waals surface area (Å²) in [6.45, 7) is 2.20. The first-order valence-corrected chi connectivity index (χ1v) is 8.82. The van der Waals surface area contributed by atoms with E-state index in [1.807, 2.05) is 13.0 Å². The highest BCUT2D eigenvalue weighted by Gasteiger charge is 2.34. The Morgan fingerprint density at radius 2 is 2.09 bits per heavy atom. The van der Waals surface area contributed by atoms with E-state index in [1.54, 1.807) is 24.3 Å². The molecule has 1 fully saturated rings. The normalized spacial score (nSPS) is 23.9. The van der Waals surface area contributed by atoms with Crippen molar-refractivity contribution in [2.24, 2.45) is 0 Å². The highest BCUT2D eigenvalue weighted by Crippen LogP contribution is 2.20. The van der Waals surface area contributed by atoms with Crippen LogP contribution >= 0.6 is 0 Å². The quantitative estimate of drug-likeness (QED) is 0.818. The molecule has 122 valence electrons. The zero-order valence-electron chi connectivity index (χ0n) is 12.4. The van der Waals surface area contributed by atoms with Gasteiger partial charge in [-0.1, -0.05) is 30.3 Å². The van der Waals surface area contributed by atoms with Gasteiger partial charge in [0.05, 0.1) is 11.4 Å². The highest BCUT2D eigenvalue weighted by molar-refractivity contribution is 7.90. The number of carboxylic acids is 1. The zero-order chi connectivity index (χ0) is 16.2. The van der Waals surface area contributed by atoms with Crippen LogP contribution in [0.5, 0.6) is 0 Å². The second-order valence-electron chi connectivity index (χ2n) is 5.57. The summed E-state index contributed by atoms with van der Waals surface area (Å²) in [7, 11) is -3.69. The van der Waals surface area contributed by atoms with Crippen LogP contribution in [0.15, 0.2) is 30.3 Å². The van der Waals surface area contributed by atoms with Crippen molar-refractivity contribution >= 4 is 16.0 Å². The Morgan fingerprint density at radius 1 is 1.41 bits per heavy atom. The Hall–Kier alpha value is -1.44. The SMILES string of the molecule is CC1CC(S(=O)(=O)N[C@H](Cc2ccccc2)C(=O)O)CCO1. The maximum absolute atomic E-state index is 12.4. The number of carboxylic acid groups (broad SMARTS) is 1. The van der Waals surface area contributed by atoms with Gasteiger partial charge in [0.15, 0.2) is 0 Å². The van der Waals surface area contributed by atoms with Crippen LogP contribution in [-0.2, 0) is 26.0 Å². The van der Waals surface area contributed by atoms with Crippen LogP contribution in [0.2, 0.25) is 0 Å². The van der Waals surface area contributed by atoms with E-state index in [9.17, 15) is 18.3 Å². The molecule has 2 rings (SSSR count). The van der Waals surface area contributed by atoms with Crippen LogP contribution in [0.1, 0.15) is 25.3 Å². The number of aliphatic carboxylic acids is 1.